The van der Waals surface area contributed by atoms with Gasteiger partial charge < -0.3 is 24.1 Å². The number of hydrogen-bond donors (Lipinski definition) is 1. The molecule has 1 fully saturated rings. The third-order valence-corrected chi connectivity index (χ3v) is 5.61. The first-order valence-electron chi connectivity index (χ1n) is 11.1. The topological polar surface area (TPSA) is 57.2 Å². The summed E-state index contributed by atoms with van der Waals surface area (Å²) in [4.78, 5) is 0. The van der Waals surface area contributed by atoms with Crippen molar-refractivity contribution in [2.45, 2.75) is 50.6 Å². The second kappa shape index (κ2) is 12.0. The molecular formula is C27H29FO5. The van der Waals surface area contributed by atoms with Crippen molar-refractivity contribution in [3.63, 3.8) is 0 Å². The van der Waals surface area contributed by atoms with Gasteiger partial charge in [0.1, 0.15) is 24.4 Å². The molecule has 0 saturated carbocycles. The number of aliphatic hydroxyl groups excluding tert-OH is 1. The average molecular weight is 453 g/mol. The fourth-order valence-electron chi connectivity index (χ4n) is 3.88. The van der Waals surface area contributed by atoms with Crippen LogP contribution in [-0.2, 0) is 38.8 Å². The Morgan fingerprint density at radius 3 is 1.42 bits per heavy atom. The highest BCUT2D eigenvalue weighted by molar-refractivity contribution is 5.15. The second-order valence-electron chi connectivity index (χ2n) is 7.99. The van der Waals surface area contributed by atoms with E-state index in [1.54, 1.807) is 0 Å². The summed E-state index contributed by atoms with van der Waals surface area (Å²) in [6.07, 6.45) is -5.15. The van der Waals surface area contributed by atoms with E-state index in [0.29, 0.717) is 0 Å². The zero-order valence-electron chi connectivity index (χ0n) is 18.3. The van der Waals surface area contributed by atoms with Crippen molar-refractivity contribution in [1.29, 1.82) is 0 Å². The van der Waals surface area contributed by atoms with E-state index in [2.05, 4.69) is 0 Å². The molecule has 1 aliphatic rings. The molecule has 0 aromatic heterocycles. The van der Waals surface area contributed by atoms with Crippen molar-refractivity contribution >= 4 is 0 Å². The van der Waals surface area contributed by atoms with Gasteiger partial charge in [-0.15, -0.1) is 0 Å². The molecule has 1 saturated heterocycles. The lowest BCUT2D eigenvalue weighted by Crippen LogP contribution is -2.59. The third-order valence-electron chi connectivity index (χ3n) is 5.61. The molecule has 5 atom stereocenters. The molecule has 0 radical (unpaired) electrons. The van der Waals surface area contributed by atoms with Gasteiger partial charge in [0.15, 0.2) is 0 Å². The first-order chi connectivity index (χ1) is 16.2. The van der Waals surface area contributed by atoms with Crippen LogP contribution in [0.5, 0.6) is 0 Å². The number of aliphatic hydroxyl groups is 1. The molecule has 0 amide bonds. The van der Waals surface area contributed by atoms with E-state index in [-0.39, 0.29) is 19.8 Å². The van der Waals surface area contributed by atoms with E-state index >= 15 is 4.39 Å². The summed E-state index contributed by atoms with van der Waals surface area (Å²) >= 11 is 0. The largest absolute Gasteiger partial charge is 0.394 e. The minimum Gasteiger partial charge on any atom is -0.394 e. The van der Waals surface area contributed by atoms with E-state index in [4.69, 9.17) is 18.9 Å². The summed E-state index contributed by atoms with van der Waals surface area (Å²) in [5.74, 6) is 0. The van der Waals surface area contributed by atoms with Crippen LogP contribution in [0.3, 0.4) is 0 Å². The fraction of sp³-hybridized carbons (Fsp3) is 0.333. The van der Waals surface area contributed by atoms with Crippen molar-refractivity contribution in [3.05, 3.63) is 108 Å². The van der Waals surface area contributed by atoms with Crippen LogP contribution < -0.4 is 0 Å². The molecule has 1 aliphatic heterocycles. The summed E-state index contributed by atoms with van der Waals surface area (Å²) in [6, 6.07) is 28.9. The first kappa shape index (κ1) is 23.5. The van der Waals surface area contributed by atoms with Crippen LogP contribution in [-0.4, -0.2) is 42.5 Å². The zero-order valence-corrected chi connectivity index (χ0v) is 18.3. The third kappa shape index (κ3) is 6.47. The minimum absolute atomic E-state index is 0.204. The number of hydrogen-bond acceptors (Lipinski definition) is 5. The molecular weight excluding hydrogens is 423 g/mol. The van der Waals surface area contributed by atoms with Crippen LogP contribution in [0, 0.1) is 0 Å². The maximum absolute atomic E-state index is 15.1. The normalized spacial score (nSPS) is 25.1. The quantitative estimate of drug-likeness (QED) is 0.493. The molecule has 1 N–H and O–H groups in total. The second-order valence-corrected chi connectivity index (χ2v) is 7.99. The highest BCUT2D eigenvalue weighted by atomic mass is 19.1. The molecule has 0 bridgehead atoms. The van der Waals surface area contributed by atoms with Gasteiger partial charge in [0.2, 0.25) is 6.36 Å². The molecule has 4 rings (SSSR count). The van der Waals surface area contributed by atoms with Gasteiger partial charge in [-0.3, -0.25) is 0 Å². The van der Waals surface area contributed by atoms with Gasteiger partial charge in [0.25, 0.3) is 0 Å². The van der Waals surface area contributed by atoms with E-state index < -0.39 is 37.4 Å². The Balaban J connectivity index is 1.53. The van der Waals surface area contributed by atoms with E-state index in [1.165, 1.54) is 0 Å². The fourth-order valence-corrected chi connectivity index (χ4v) is 3.88. The molecule has 3 aromatic rings. The van der Waals surface area contributed by atoms with Gasteiger partial charge in [0, 0.05) is 0 Å². The Morgan fingerprint density at radius 2 is 1.00 bits per heavy atom. The van der Waals surface area contributed by atoms with Crippen LogP contribution in [0.25, 0.3) is 0 Å². The molecule has 1 heterocycles. The molecule has 5 nitrogen and oxygen atoms in total. The molecule has 0 spiro atoms. The summed E-state index contributed by atoms with van der Waals surface area (Å²) in [5.41, 5.74) is 2.82. The summed E-state index contributed by atoms with van der Waals surface area (Å²) in [7, 11) is 0. The standard InChI is InChI=1S/C27H29FO5/c28-27-26(32-19-22-14-8-3-9-15-22)25(31-18-21-12-6-2-7-13-21)24(23(16-29)33-27)30-17-20-10-4-1-5-11-20/h1-15,23-27,29H,16-19H2/t23-,24-,25+,26-,27-/m1/s1. The predicted octanol–water partition coefficient (Wildman–Crippen LogP) is 4.43. The Hall–Kier alpha value is -2.61. The number of ether oxygens (including phenoxy) is 4. The zero-order chi connectivity index (χ0) is 22.9. The summed E-state index contributed by atoms with van der Waals surface area (Å²) in [5, 5.41) is 9.91. The van der Waals surface area contributed by atoms with Crippen molar-refractivity contribution in [2.24, 2.45) is 0 Å². The summed E-state index contributed by atoms with van der Waals surface area (Å²) < 4.78 is 38.9. The monoisotopic (exact) mass is 452 g/mol. The predicted molar refractivity (Wildman–Crippen MR) is 122 cm³/mol. The smallest absolute Gasteiger partial charge is 0.228 e. The Kier molecular flexibility index (Phi) is 8.58. The highest BCUT2D eigenvalue weighted by Gasteiger charge is 2.48. The van der Waals surface area contributed by atoms with Crippen molar-refractivity contribution < 1.29 is 28.4 Å². The Labute approximate surface area is 193 Å². The van der Waals surface area contributed by atoms with E-state index in [0.717, 1.165) is 16.7 Å². The van der Waals surface area contributed by atoms with Gasteiger partial charge >= 0.3 is 0 Å². The van der Waals surface area contributed by atoms with E-state index in [1.807, 2.05) is 91.0 Å². The van der Waals surface area contributed by atoms with Crippen molar-refractivity contribution in [3.8, 4) is 0 Å². The number of rotatable bonds is 10. The lowest BCUT2D eigenvalue weighted by Gasteiger charge is -2.43. The number of benzene rings is 3. The maximum atomic E-state index is 15.1. The lowest BCUT2D eigenvalue weighted by molar-refractivity contribution is -0.296. The van der Waals surface area contributed by atoms with Crippen LogP contribution in [0.1, 0.15) is 16.7 Å². The molecule has 33 heavy (non-hydrogen) atoms. The molecule has 0 aliphatic carbocycles. The summed E-state index contributed by atoms with van der Waals surface area (Å²) in [6.45, 7) is 0.345. The Bertz CT molecular complexity index is 941. The van der Waals surface area contributed by atoms with Gasteiger partial charge in [-0.1, -0.05) is 91.0 Å². The molecule has 3 aromatic carbocycles. The Morgan fingerprint density at radius 1 is 0.606 bits per heavy atom. The highest BCUT2D eigenvalue weighted by Crippen LogP contribution is 2.30. The number of halogens is 1. The van der Waals surface area contributed by atoms with Crippen LogP contribution in [0.4, 0.5) is 4.39 Å². The van der Waals surface area contributed by atoms with E-state index in [9.17, 15) is 5.11 Å². The lowest BCUT2D eigenvalue weighted by atomic mass is 9.98. The average Bonchev–Trinajstić information content (AvgIpc) is 2.87. The van der Waals surface area contributed by atoms with Crippen LogP contribution in [0.15, 0.2) is 91.0 Å². The molecule has 6 heteroatoms. The minimum atomic E-state index is -1.76. The van der Waals surface area contributed by atoms with Crippen LogP contribution in [0.2, 0.25) is 0 Å². The van der Waals surface area contributed by atoms with Gasteiger partial charge in [0.05, 0.1) is 26.4 Å². The number of alkyl halides is 1. The van der Waals surface area contributed by atoms with Crippen molar-refractivity contribution in [1.82, 2.24) is 0 Å². The SMILES string of the molecule is OC[C@H]1O[C@@H](F)[C@H](OCc2ccccc2)[C@@H](OCc2ccccc2)[C@@H]1OCc1ccccc1. The van der Waals surface area contributed by atoms with Crippen LogP contribution >= 0.6 is 0 Å². The van der Waals surface area contributed by atoms with Gasteiger partial charge in [-0.2, -0.15) is 0 Å². The van der Waals surface area contributed by atoms with Crippen molar-refractivity contribution in [2.75, 3.05) is 6.61 Å². The first-order valence-corrected chi connectivity index (χ1v) is 11.1. The molecule has 0 unspecified atom stereocenters. The maximum Gasteiger partial charge on any atom is 0.228 e. The van der Waals surface area contributed by atoms with Gasteiger partial charge in [-0.25, -0.2) is 4.39 Å². The van der Waals surface area contributed by atoms with Gasteiger partial charge in [-0.05, 0) is 16.7 Å². The molecule has 174 valence electrons.